The molecule has 1 saturated heterocycles. The Morgan fingerprint density at radius 3 is 2.77 bits per heavy atom. The van der Waals surface area contributed by atoms with Gasteiger partial charge in [-0.1, -0.05) is 18.2 Å². The smallest absolute Gasteiger partial charge is 0.255 e. The van der Waals surface area contributed by atoms with E-state index in [1.165, 1.54) is 0 Å². The summed E-state index contributed by atoms with van der Waals surface area (Å²) in [5, 5.41) is 2.93. The van der Waals surface area contributed by atoms with E-state index in [9.17, 15) is 18.0 Å². The highest BCUT2D eigenvalue weighted by molar-refractivity contribution is 7.91. The van der Waals surface area contributed by atoms with Gasteiger partial charge >= 0.3 is 0 Å². The second-order valence-electron chi connectivity index (χ2n) is 7.82. The topological polar surface area (TPSA) is 121 Å². The summed E-state index contributed by atoms with van der Waals surface area (Å²) in [4.78, 5) is 34.8. The molecule has 31 heavy (non-hydrogen) atoms. The van der Waals surface area contributed by atoms with Crippen LogP contribution < -0.4 is 15.8 Å². The number of carbonyl (C=O) groups excluding carboxylic acids is 1. The highest BCUT2D eigenvalue weighted by Crippen LogP contribution is 2.31. The van der Waals surface area contributed by atoms with Gasteiger partial charge in [0.25, 0.3) is 5.56 Å². The summed E-state index contributed by atoms with van der Waals surface area (Å²) in [7, 11) is -3.31. The van der Waals surface area contributed by atoms with Crippen molar-refractivity contribution in [2.24, 2.45) is 0 Å². The van der Waals surface area contributed by atoms with Crippen LogP contribution in [0.1, 0.15) is 35.7 Å². The van der Waals surface area contributed by atoms with Gasteiger partial charge in [0, 0.05) is 30.8 Å². The Morgan fingerprint density at radius 1 is 1.29 bits per heavy atom. The summed E-state index contributed by atoms with van der Waals surface area (Å²) < 4.78 is 29.9. The van der Waals surface area contributed by atoms with Crippen molar-refractivity contribution in [3.05, 3.63) is 51.4 Å². The number of anilines is 1. The maximum atomic E-state index is 12.6. The predicted molar refractivity (Wildman–Crippen MR) is 115 cm³/mol. The van der Waals surface area contributed by atoms with Crippen molar-refractivity contribution in [2.75, 3.05) is 37.0 Å². The van der Waals surface area contributed by atoms with Crippen molar-refractivity contribution in [2.45, 2.75) is 37.1 Å². The molecule has 1 aromatic heterocycles. The molecule has 0 radical (unpaired) electrons. The maximum Gasteiger partial charge on any atom is 0.255 e. The molecule has 9 nitrogen and oxygen atoms in total. The lowest BCUT2D eigenvalue weighted by atomic mass is 10.0. The van der Waals surface area contributed by atoms with Crippen molar-refractivity contribution < 1.29 is 17.9 Å². The van der Waals surface area contributed by atoms with Gasteiger partial charge in [0.05, 0.1) is 29.9 Å². The largest absolute Gasteiger partial charge is 0.378 e. The molecule has 1 aromatic carbocycles. The van der Waals surface area contributed by atoms with E-state index < -0.39 is 9.84 Å². The quantitative estimate of drug-likeness (QED) is 0.699. The van der Waals surface area contributed by atoms with Gasteiger partial charge in [0.2, 0.25) is 11.9 Å². The summed E-state index contributed by atoms with van der Waals surface area (Å²) in [6, 6.07) is 6.41. The van der Waals surface area contributed by atoms with E-state index in [2.05, 4.69) is 15.3 Å². The normalized spacial score (nSPS) is 20.2. The number of sulfone groups is 1. The van der Waals surface area contributed by atoms with E-state index in [1.54, 1.807) is 31.2 Å². The third kappa shape index (κ3) is 4.64. The van der Waals surface area contributed by atoms with Crippen LogP contribution in [-0.2, 0) is 25.8 Å². The molecule has 0 saturated carbocycles. The van der Waals surface area contributed by atoms with Crippen molar-refractivity contribution in [3.8, 4) is 0 Å². The number of benzene rings is 1. The van der Waals surface area contributed by atoms with Gasteiger partial charge < -0.3 is 15.0 Å². The summed E-state index contributed by atoms with van der Waals surface area (Å²) in [5.74, 6) is 0.301. The zero-order valence-electron chi connectivity index (χ0n) is 17.4. The summed E-state index contributed by atoms with van der Waals surface area (Å²) in [6.45, 7) is 4.30. The summed E-state index contributed by atoms with van der Waals surface area (Å²) in [5.41, 5.74) is 1.47. The standard InChI is InChI=1S/C21H26N4O5S/c1-14-15(20(27)24-21(22-14)25-9-11-30-12-10-25)6-7-19(26)23-17-8-13-31(28,29)18-5-3-2-4-16(17)18/h2-5,17H,6-13H2,1H3,(H,23,26)(H,22,24,27). The maximum absolute atomic E-state index is 12.6. The first kappa shape index (κ1) is 21.5. The van der Waals surface area contributed by atoms with E-state index in [1.807, 2.05) is 4.90 Å². The second kappa shape index (κ2) is 8.80. The Labute approximate surface area is 180 Å². The highest BCUT2D eigenvalue weighted by atomic mass is 32.2. The van der Waals surface area contributed by atoms with Crippen LogP contribution in [0.2, 0.25) is 0 Å². The molecule has 1 unspecified atom stereocenters. The number of hydrogen-bond acceptors (Lipinski definition) is 7. The molecule has 1 amide bonds. The lowest BCUT2D eigenvalue weighted by molar-refractivity contribution is -0.121. The Balaban J connectivity index is 1.42. The number of carbonyl (C=O) groups is 1. The number of aryl methyl sites for hydroxylation is 1. The third-order valence-electron chi connectivity index (χ3n) is 5.76. The number of aromatic amines is 1. The molecule has 2 aliphatic rings. The Bertz CT molecular complexity index is 1140. The van der Waals surface area contributed by atoms with Gasteiger partial charge in [-0.3, -0.25) is 14.6 Å². The predicted octanol–water partition coefficient (Wildman–Crippen LogP) is 0.882. The lowest BCUT2D eigenvalue weighted by Gasteiger charge is -2.27. The molecule has 2 aliphatic heterocycles. The molecule has 2 N–H and O–H groups in total. The van der Waals surface area contributed by atoms with Crippen molar-refractivity contribution >= 4 is 21.7 Å². The Morgan fingerprint density at radius 2 is 2.03 bits per heavy atom. The minimum atomic E-state index is -3.31. The fraction of sp³-hybridized carbons (Fsp3) is 0.476. The van der Waals surface area contributed by atoms with Crippen LogP contribution in [0, 0.1) is 6.92 Å². The fourth-order valence-corrected chi connectivity index (χ4v) is 5.68. The summed E-state index contributed by atoms with van der Waals surface area (Å²) >= 11 is 0. The Kier molecular flexibility index (Phi) is 6.10. The zero-order valence-corrected chi connectivity index (χ0v) is 18.2. The number of nitrogens with zero attached hydrogens (tertiary/aromatic N) is 2. The summed E-state index contributed by atoms with van der Waals surface area (Å²) in [6.07, 6.45) is 0.713. The van der Waals surface area contributed by atoms with Crippen LogP contribution >= 0.6 is 0 Å². The number of rotatable bonds is 5. The van der Waals surface area contributed by atoms with E-state index in [4.69, 9.17) is 4.74 Å². The van der Waals surface area contributed by atoms with E-state index >= 15 is 0 Å². The van der Waals surface area contributed by atoms with Crippen LogP contribution in [0.4, 0.5) is 5.95 Å². The lowest BCUT2D eigenvalue weighted by Crippen LogP contribution is -2.39. The number of amides is 1. The molecular weight excluding hydrogens is 420 g/mol. The van der Waals surface area contributed by atoms with Crippen LogP contribution in [0.25, 0.3) is 0 Å². The molecule has 3 heterocycles. The molecule has 0 aliphatic carbocycles. The first-order valence-corrected chi connectivity index (χ1v) is 12.0. The van der Waals surface area contributed by atoms with Gasteiger partial charge in [-0.05, 0) is 31.4 Å². The van der Waals surface area contributed by atoms with E-state index in [0.29, 0.717) is 55.5 Å². The number of morpholine rings is 1. The molecule has 1 fully saturated rings. The van der Waals surface area contributed by atoms with Gasteiger partial charge in [-0.2, -0.15) is 0 Å². The van der Waals surface area contributed by atoms with E-state index in [-0.39, 0.29) is 41.0 Å². The van der Waals surface area contributed by atoms with Crippen LogP contribution in [-0.4, -0.2) is 56.3 Å². The fourth-order valence-electron chi connectivity index (χ4n) is 4.06. The molecule has 166 valence electrons. The number of hydrogen-bond donors (Lipinski definition) is 2. The molecule has 10 heteroatoms. The zero-order chi connectivity index (χ0) is 22.0. The van der Waals surface area contributed by atoms with Crippen LogP contribution in [0.5, 0.6) is 0 Å². The molecule has 1 atom stereocenters. The number of aromatic nitrogens is 2. The van der Waals surface area contributed by atoms with E-state index in [0.717, 1.165) is 0 Å². The molecule has 0 spiro atoms. The van der Waals surface area contributed by atoms with Crippen LogP contribution in [0.3, 0.4) is 0 Å². The number of H-pyrrole nitrogens is 1. The monoisotopic (exact) mass is 446 g/mol. The second-order valence-corrected chi connectivity index (χ2v) is 9.90. The molecule has 4 rings (SSSR count). The number of nitrogens with one attached hydrogen (secondary N) is 2. The van der Waals surface area contributed by atoms with Gasteiger partial charge in [-0.25, -0.2) is 13.4 Å². The molecule has 2 aromatic rings. The van der Waals surface area contributed by atoms with Crippen molar-refractivity contribution in [1.82, 2.24) is 15.3 Å². The molecule has 0 bridgehead atoms. The van der Waals surface area contributed by atoms with Crippen molar-refractivity contribution in [3.63, 3.8) is 0 Å². The average Bonchev–Trinajstić information content (AvgIpc) is 2.76. The number of fused-ring (bicyclic) bond motifs is 1. The first-order chi connectivity index (χ1) is 14.8. The first-order valence-electron chi connectivity index (χ1n) is 10.4. The van der Waals surface area contributed by atoms with Gasteiger partial charge in [-0.15, -0.1) is 0 Å². The average molecular weight is 447 g/mol. The third-order valence-corrected chi connectivity index (χ3v) is 7.58. The van der Waals surface area contributed by atoms with Crippen molar-refractivity contribution in [1.29, 1.82) is 0 Å². The highest BCUT2D eigenvalue weighted by Gasteiger charge is 2.30. The minimum absolute atomic E-state index is 0.000653. The molecular formula is C21H26N4O5S. The Hall–Kier alpha value is -2.72. The number of ether oxygens (including phenoxy) is 1. The van der Waals surface area contributed by atoms with Gasteiger partial charge in [0.15, 0.2) is 9.84 Å². The SMILES string of the molecule is Cc1nc(N2CCOCC2)[nH]c(=O)c1CCC(=O)NC1CCS(=O)(=O)c2ccccc21. The van der Waals surface area contributed by atoms with Gasteiger partial charge in [0.1, 0.15) is 0 Å². The minimum Gasteiger partial charge on any atom is -0.378 e. The van der Waals surface area contributed by atoms with Crippen LogP contribution in [0.15, 0.2) is 34.0 Å².